The summed E-state index contributed by atoms with van der Waals surface area (Å²) in [6.45, 7) is 9.70. The molecule has 0 amide bonds. The van der Waals surface area contributed by atoms with Crippen molar-refractivity contribution in [1.82, 2.24) is 4.90 Å². The summed E-state index contributed by atoms with van der Waals surface area (Å²) in [5.74, 6) is 0. The predicted molar refractivity (Wildman–Crippen MR) is 77.3 cm³/mol. The number of aliphatic imine (C=N–C) groups is 1. The topological polar surface area (TPSA) is 68.0 Å². The van der Waals surface area contributed by atoms with E-state index in [2.05, 4.69) is 11.6 Å². The molecule has 1 saturated heterocycles. The van der Waals surface area contributed by atoms with Gasteiger partial charge in [-0.3, -0.25) is 10.1 Å². The summed E-state index contributed by atoms with van der Waals surface area (Å²) >= 11 is 0. The van der Waals surface area contributed by atoms with Gasteiger partial charge in [0, 0.05) is 18.7 Å². The van der Waals surface area contributed by atoms with Crippen molar-refractivity contribution in [1.29, 1.82) is 0 Å². The molecule has 0 saturated carbocycles. The zero-order chi connectivity index (χ0) is 14.7. The Hall–Kier alpha value is -2.37. The van der Waals surface area contributed by atoms with Gasteiger partial charge < -0.3 is 9.64 Å². The van der Waals surface area contributed by atoms with Crippen LogP contribution in [-0.2, 0) is 4.74 Å². The van der Waals surface area contributed by atoms with E-state index in [4.69, 9.17) is 4.74 Å². The van der Waals surface area contributed by atoms with Crippen LogP contribution in [0, 0.1) is 17.0 Å². The molecule has 0 N–H and O–H groups in total. The number of non-ortho nitro benzene ring substituents is 1. The van der Waals surface area contributed by atoms with E-state index in [1.54, 1.807) is 13.0 Å². The summed E-state index contributed by atoms with van der Waals surface area (Å²) in [6.07, 6.45) is 0. The van der Waals surface area contributed by atoms with Crippen LogP contribution in [0.3, 0.4) is 0 Å². The number of ether oxygens (including phenoxy) is 1. The summed E-state index contributed by atoms with van der Waals surface area (Å²) < 4.78 is 5.50. The largest absolute Gasteiger partial charge is 0.463 e. The van der Waals surface area contributed by atoms with Gasteiger partial charge in [0.25, 0.3) is 11.7 Å². The summed E-state index contributed by atoms with van der Waals surface area (Å²) in [5.41, 5.74) is 2.53. The minimum absolute atomic E-state index is 0.0672. The Morgan fingerprint density at radius 3 is 2.95 bits per heavy atom. The van der Waals surface area contributed by atoms with Crippen molar-refractivity contribution in [2.45, 2.75) is 13.8 Å². The number of nitro groups is 1. The van der Waals surface area contributed by atoms with Gasteiger partial charge in [0.2, 0.25) is 0 Å². The standard InChI is InChI=1S/C14H17N3O3/c1-10(2)9-16-6-7-20-14(16)15-13-5-4-12(17(18)19)8-11(13)3/h4-5,8H,1,6-7,9H2,2-3H3/b15-14-. The molecule has 2 rings (SSSR count). The normalized spacial score (nSPS) is 16.3. The third-order valence-electron chi connectivity index (χ3n) is 2.93. The van der Waals surface area contributed by atoms with Gasteiger partial charge in [0.15, 0.2) is 0 Å². The van der Waals surface area contributed by atoms with Crippen molar-refractivity contribution in [2.24, 2.45) is 4.99 Å². The molecule has 1 aliphatic heterocycles. The first-order chi connectivity index (χ1) is 9.47. The summed E-state index contributed by atoms with van der Waals surface area (Å²) in [6, 6.07) is 5.15. The maximum Gasteiger partial charge on any atom is 0.293 e. The van der Waals surface area contributed by atoms with Crippen LogP contribution in [-0.4, -0.2) is 35.5 Å². The average Bonchev–Trinajstić information content (AvgIpc) is 2.78. The van der Waals surface area contributed by atoms with Crippen molar-refractivity contribution >= 4 is 17.4 Å². The van der Waals surface area contributed by atoms with E-state index < -0.39 is 4.92 Å². The number of aryl methyl sites for hydroxylation is 1. The molecule has 1 fully saturated rings. The lowest BCUT2D eigenvalue weighted by atomic mass is 10.2. The molecule has 1 aromatic rings. The van der Waals surface area contributed by atoms with E-state index in [9.17, 15) is 10.1 Å². The Balaban J connectivity index is 2.25. The molecular formula is C14H17N3O3. The van der Waals surface area contributed by atoms with Gasteiger partial charge in [0.1, 0.15) is 6.61 Å². The second-order valence-electron chi connectivity index (χ2n) is 4.85. The number of rotatable bonds is 4. The number of hydrogen-bond acceptors (Lipinski definition) is 4. The summed E-state index contributed by atoms with van der Waals surface area (Å²) in [7, 11) is 0. The molecule has 6 heteroatoms. The lowest BCUT2D eigenvalue weighted by Crippen LogP contribution is -2.27. The van der Waals surface area contributed by atoms with Crippen LogP contribution in [0.4, 0.5) is 11.4 Å². The molecule has 1 aliphatic rings. The summed E-state index contributed by atoms with van der Waals surface area (Å²) in [5, 5.41) is 10.7. The monoisotopic (exact) mass is 275 g/mol. The second kappa shape index (κ2) is 5.73. The van der Waals surface area contributed by atoms with Crippen LogP contribution in [0.1, 0.15) is 12.5 Å². The molecule has 6 nitrogen and oxygen atoms in total. The van der Waals surface area contributed by atoms with Gasteiger partial charge in [0.05, 0.1) is 17.2 Å². The fraction of sp³-hybridized carbons (Fsp3) is 0.357. The van der Waals surface area contributed by atoms with Crippen molar-refractivity contribution in [3.05, 3.63) is 46.0 Å². The van der Waals surface area contributed by atoms with Crippen molar-refractivity contribution in [3.63, 3.8) is 0 Å². The molecule has 0 aliphatic carbocycles. The van der Waals surface area contributed by atoms with Gasteiger partial charge in [-0.2, -0.15) is 4.99 Å². The first kappa shape index (κ1) is 14.0. The smallest absolute Gasteiger partial charge is 0.293 e. The third kappa shape index (κ3) is 3.14. The molecule has 0 aromatic heterocycles. The lowest BCUT2D eigenvalue weighted by Gasteiger charge is -2.15. The number of amidine groups is 1. The zero-order valence-electron chi connectivity index (χ0n) is 11.6. The third-order valence-corrected chi connectivity index (χ3v) is 2.93. The fourth-order valence-electron chi connectivity index (χ4n) is 1.99. The first-order valence-corrected chi connectivity index (χ1v) is 6.33. The number of nitro benzene ring substituents is 1. The molecule has 0 spiro atoms. The molecule has 1 heterocycles. The highest BCUT2D eigenvalue weighted by Crippen LogP contribution is 2.25. The van der Waals surface area contributed by atoms with Gasteiger partial charge in [-0.05, 0) is 25.5 Å². The lowest BCUT2D eigenvalue weighted by molar-refractivity contribution is -0.384. The molecular weight excluding hydrogens is 258 g/mol. The Bertz CT molecular complexity index is 581. The van der Waals surface area contributed by atoms with Gasteiger partial charge in [-0.15, -0.1) is 0 Å². The van der Waals surface area contributed by atoms with Crippen LogP contribution in [0.25, 0.3) is 0 Å². The Kier molecular flexibility index (Phi) is 4.02. The SMILES string of the molecule is C=C(C)CN1CCO/C1=N\c1ccc([N+](=O)[O-])cc1C. The van der Waals surface area contributed by atoms with Gasteiger partial charge in [-0.25, -0.2) is 0 Å². The predicted octanol–water partition coefficient (Wildman–Crippen LogP) is 2.80. The molecule has 0 atom stereocenters. The van der Waals surface area contributed by atoms with Crippen molar-refractivity contribution in [2.75, 3.05) is 19.7 Å². The maximum absolute atomic E-state index is 10.7. The molecule has 0 bridgehead atoms. The van der Waals surface area contributed by atoms with Gasteiger partial charge in [-0.1, -0.05) is 12.2 Å². The van der Waals surface area contributed by atoms with Crippen LogP contribution >= 0.6 is 0 Å². The molecule has 0 radical (unpaired) electrons. The Morgan fingerprint density at radius 1 is 1.60 bits per heavy atom. The van der Waals surface area contributed by atoms with Crippen LogP contribution in [0.2, 0.25) is 0 Å². The van der Waals surface area contributed by atoms with Crippen LogP contribution < -0.4 is 0 Å². The number of hydrogen-bond donors (Lipinski definition) is 0. The first-order valence-electron chi connectivity index (χ1n) is 6.33. The fourth-order valence-corrected chi connectivity index (χ4v) is 1.99. The van der Waals surface area contributed by atoms with E-state index >= 15 is 0 Å². The van der Waals surface area contributed by atoms with E-state index in [0.717, 1.165) is 17.7 Å². The molecule has 106 valence electrons. The van der Waals surface area contributed by atoms with Crippen molar-refractivity contribution < 1.29 is 9.66 Å². The van der Waals surface area contributed by atoms with E-state index in [1.165, 1.54) is 12.1 Å². The summed E-state index contributed by atoms with van der Waals surface area (Å²) in [4.78, 5) is 16.7. The molecule has 1 aromatic carbocycles. The molecule has 20 heavy (non-hydrogen) atoms. The Labute approximate surface area is 117 Å². The van der Waals surface area contributed by atoms with Crippen molar-refractivity contribution in [3.8, 4) is 0 Å². The van der Waals surface area contributed by atoms with Gasteiger partial charge >= 0.3 is 0 Å². The minimum atomic E-state index is -0.413. The second-order valence-corrected chi connectivity index (χ2v) is 4.85. The van der Waals surface area contributed by atoms with Crippen LogP contribution in [0.5, 0.6) is 0 Å². The minimum Gasteiger partial charge on any atom is -0.463 e. The quantitative estimate of drug-likeness (QED) is 0.481. The van der Waals surface area contributed by atoms with Crippen LogP contribution in [0.15, 0.2) is 35.3 Å². The number of nitrogens with zero attached hydrogens (tertiary/aromatic N) is 3. The van der Waals surface area contributed by atoms with E-state index in [1.807, 2.05) is 11.8 Å². The maximum atomic E-state index is 10.7. The molecule has 0 unspecified atom stereocenters. The average molecular weight is 275 g/mol. The highest BCUT2D eigenvalue weighted by molar-refractivity contribution is 5.79. The highest BCUT2D eigenvalue weighted by Gasteiger charge is 2.20. The Morgan fingerprint density at radius 2 is 2.35 bits per heavy atom. The van der Waals surface area contributed by atoms with E-state index in [-0.39, 0.29) is 5.69 Å². The zero-order valence-corrected chi connectivity index (χ0v) is 11.6. The number of benzene rings is 1. The highest BCUT2D eigenvalue weighted by atomic mass is 16.6. The van der Waals surface area contributed by atoms with E-state index in [0.29, 0.717) is 24.9 Å².